The molecular formula is C8H8N6. The number of hydrogen-bond acceptors (Lipinski definition) is 5. The molecule has 0 N–H and O–H groups in total. The number of nitrogens with zero attached hydrogens (tertiary/aromatic N) is 6. The summed E-state index contributed by atoms with van der Waals surface area (Å²) in [5.41, 5.74) is 1.64. The lowest BCUT2D eigenvalue weighted by Gasteiger charge is -1.99. The lowest BCUT2D eigenvalue weighted by molar-refractivity contribution is 0.753. The molecule has 0 radical (unpaired) electrons. The minimum absolute atomic E-state index is 0.583. The number of allylic oxidation sites excluding steroid dienone is 1. The van der Waals surface area contributed by atoms with Crippen molar-refractivity contribution in [3.8, 4) is 5.82 Å². The van der Waals surface area contributed by atoms with Crippen molar-refractivity contribution in [2.45, 2.75) is 6.92 Å². The smallest absolute Gasteiger partial charge is 0.179 e. The monoisotopic (exact) mass is 188 g/mol. The molecule has 0 aliphatic carbocycles. The maximum Gasteiger partial charge on any atom is 0.179 e. The molecular weight excluding hydrogens is 180 g/mol. The Balaban J connectivity index is 2.36. The summed E-state index contributed by atoms with van der Waals surface area (Å²) in [6, 6.07) is 3.61. The highest BCUT2D eigenvalue weighted by molar-refractivity contribution is 5.57. The molecule has 2 aromatic rings. The first kappa shape index (κ1) is 8.49. The highest BCUT2D eigenvalue weighted by atomic mass is 15.5. The predicted octanol–water partition coefficient (Wildman–Crippen LogP) is 0.485. The highest BCUT2D eigenvalue weighted by Crippen LogP contribution is 2.07. The van der Waals surface area contributed by atoms with Gasteiger partial charge in [-0.1, -0.05) is 6.58 Å². The van der Waals surface area contributed by atoms with Gasteiger partial charge in [0.15, 0.2) is 5.82 Å². The Bertz CT molecular complexity index is 429. The number of hydrogen-bond donors (Lipinski definition) is 0. The molecule has 70 valence electrons. The Hall–Kier alpha value is -2.11. The van der Waals surface area contributed by atoms with Crippen LogP contribution in [0.3, 0.4) is 0 Å². The fourth-order valence-corrected chi connectivity index (χ4v) is 0.941. The third kappa shape index (κ3) is 1.49. The second kappa shape index (κ2) is 3.33. The van der Waals surface area contributed by atoms with E-state index in [1.165, 1.54) is 11.0 Å². The number of tetrazole rings is 1. The molecule has 2 rings (SSSR count). The van der Waals surface area contributed by atoms with Gasteiger partial charge in [-0.15, -0.1) is 15.3 Å². The Morgan fingerprint density at radius 3 is 2.71 bits per heavy atom. The zero-order valence-corrected chi connectivity index (χ0v) is 7.62. The molecule has 14 heavy (non-hydrogen) atoms. The van der Waals surface area contributed by atoms with Crippen LogP contribution in [-0.4, -0.2) is 30.4 Å². The molecule has 2 aromatic heterocycles. The zero-order valence-electron chi connectivity index (χ0n) is 7.62. The molecule has 2 heterocycles. The van der Waals surface area contributed by atoms with Gasteiger partial charge in [0.2, 0.25) is 0 Å². The molecule has 6 heteroatoms. The summed E-state index contributed by atoms with van der Waals surface area (Å²) in [6.45, 7) is 5.64. The summed E-state index contributed by atoms with van der Waals surface area (Å²) in [7, 11) is 0. The number of aromatic nitrogens is 6. The van der Waals surface area contributed by atoms with Crippen molar-refractivity contribution in [1.82, 2.24) is 30.4 Å². The second-order valence-electron chi connectivity index (χ2n) is 2.81. The van der Waals surface area contributed by atoms with E-state index in [1.807, 2.05) is 13.0 Å². The fourth-order valence-electron chi connectivity index (χ4n) is 0.941. The van der Waals surface area contributed by atoms with Crippen LogP contribution in [0.2, 0.25) is 0 Å². The molecule has 6 nitrogen and oxygen atoms in total. The molecule has 0 bridgehead atoms. The summed E-state index contributed by atoms with van der Waals surface area (Å²) in [4.78, 5) is 0. The van der Waals surface area contributed by atoms with Gasteiger partial charge in [0.25, 0.3) is 0 Å². The van der Waals surface area contributed by atoms with Crippen molar-refractivity contribution < 1.29 is 0 Å². The van der Waals surface area contributed by atoms with E-state index in [0.717, 1.165) is 11.3 Å². The molecule has 0 aliphatic rings. The van der Waals surface area contributed by atoms with Gasteiger partial charge in [-0.25, -0.2) is 0 Å². The van der Waals surface area contributed by atoms with Crippen molar-refractivity contribution >= 4 is 5.57 Å². The largest absolute Gasteiger partial charge is 0.180 e. The van der Waals surface area contributed by atoms with E-state index in [1.54, 1.807) is 6.07 Å². The molecule has 0 atom stereocenters. The molecule has 0 aromatic carbocycles. The Labute approximate surface area is 80.3 Å². The Kier molecular flexibility index (Phi) is 2.02. The van der Waals surface area contributed by atoms with Crippen LogP contribution in [0, 0.1) is 0 Å². The van der Waals surface area contributed by atoms with Gasteiger partial charge in [-0.2, -0.15) is 4.68 Å². The van der Waals surface area contributed by atoms with Crippen LogP contribution in [0.1, 0.15) is 12.6 Å². The van der Waals surface area contributed by atoms with Gasteiger partial charge >= 0.3 is 0 Å². The summed E-state index contributed by atoms with van der Waals surface area (Å²) in [5, 5.41) is 18.6. The van der Waals surface area contributed by atoms with Crippen LogP contribution >= 0.6 is 0 Å². The topological polar surface area (TPSA) is 69.4 Å². The van der Waals surface area contributed by atoms with Crippen LogP contribution < -0.4 is 0 Å². The summed E-state index contributed by atoms with van der Waals surface area (Å²) >= 11 is 0. The second-order valence-corrected chi connectivity index (χ2v) is 2.81. The maximum absolute atomic E-state index is 3.97. The molecule has 0 aliphatic heterocycles. The van der Waals surface area contributed by atoms with Crippen LogP contribution in [-0.2, 0) is 0 Å². The zero-order chi connectivity index (χ0) is 9.97. The van der Waals surface area contributed by atoms with Gasteiger partial charge in [0.05, 0.1) is 5.69 Å². The summed E-state index contributed by atoms with van der Waals surface area (Å²) in [6.07, 6.45) is 1.46. The van der Waals surface area contributed by atoms with Gasteiger partial charge in [-0.3, -0.25) is 0 Å². The summed E-state index contributed by atoms with van der Waals surface area (Å²) in [5.74, 6) is 0.583. The maximum atomic E-state index is 3.97. The van der Waals surface area contributed by atoms with Gasteiger partial charge < -0.3 is 0 Å². The predicted molar refractivity (Wildman–Crippen MR) is 49.5 cm³/mol. The van der Waals surface area contributed by atoms with Crippen molar-refractivity contribution in [1.29, 1.82) is 0 Å². The molecule has 0 spiro atoms. The van der Waals surface area contributed by atoms with Gasteiger partial charge in [0, 0.05) is 0 Å². The van der Waals surface area contributed by atoms with E-state index in [4.69, 9.17) is 0 Å². The fraction of sp³-hybridized carbons (Fsp3) is 0.125. The average Bonchev–Trinajstić information content (AvgIpc) is 2.71. The Morgan fingerprint density at radius 1 is 1.36 bits per heavy atom. The van der Waals surface area contributed by atoms with E-state index in [9.17, 15) is 0 Å². The minimum atomic E-state index is 0.583. The van der Waals surface area contributed by atoms with Crippen molar-refractivity contribution in [3.63, 3.8) is 0 Å². The van der Waals surface area contributed by atoms with Crippen molar-refractivity contribution in [2.24, 2.45) is 0 Å². The molecule has 0 fully saturated rings. The number of rotatable bonds is 2. The van der Waals surface area contributed by atoms with E-state index in [0.29, 0.717) is 5.82 Å². The first-order valence-corrected chi connectivity index (χ1v) is 4.00. The first-order valence-electron chi connectivity index (χ1n) is 4.00. The summed E-state index contributed by atoms with van der Waals surface area (Å²) < 4.78 is 1.44. The van der Waals surface area contributed by atoms with Crippen molar-refractivity contribution in [2.75, 3.05) is 0 Å². The van der Waals surface area contributed by atoms with Crippen molar-refractivity contribution in [3.05, 3.63) is 30.7 Å². The van der Waals surface area contributed by atoms with E-state index in [-0.39, 0.29) is 0 Å². The normalized spacial score (nSPS) is 10.1. The lowest BCUT2D eigenvalue weighted by Crippen LogP contribution is -2.01. The molecule has 0 amide bonds. The van der Waals surface area contributed by atoms with E-state index < -0.39 is 0 Å². The van der Waals surface area contributed by atoms with Crippen LogP contribution in [0.5, 0.6) is 0 Å². The lowest BCUT2D eigenvalue weighted by atomic mass is 10.2. The molecule has 0 saturated heterocycles. The molecule has 0 unspecified atom stereocenters. The van der Waals surface area contributed by atoms with Gasteiger partial charge in [0.1, 0.15) is 6.33 Å². The standard InChI is InChI=1S/C8H8N6/c1-6(2)7-3-4-8(11-10-7)14-5-9-12-13-14/h3-5H,1H2,2H3. The molecule has 0 saturated carbocycles. The highest BCUT2D eigenvalue weighted by Gasteiger charge is 2.00. The van der Waals surface area contributed by atoms with E-state index in [2.05, 4.69) is 32.3 Å². The SMILES string of the molecule is C=C(C)c1ccc(-n2cnnn2)nn1. The minimum Gasteiger partial charge on any atom is -0.180 e. The average molecular weight is 188 g/mol. The van der Waals surface area contributed by atoms with E-state index >= 15 is 0 Å². The third-order valence-corrected chi connectivity index (χ3v) is 1.67. The van der Waals surface area contributed by atoms with Crippen LogP contribution in [0.15, 0.2) is 25.0 Å². The third-order valence-electron chi connectivity index (χ3n) is 1.67. The van der Waals surface area contributed by atoms with Crippen LogP contribution in [0.25, 0.3) is 11.4 Å². The first-order chi connectivity index (χ1) is 6.77. The quantitative estimate of drug-likeness (QED) is 0.685. The van der Waals surface area contributed by atoms with Gasteiger partial charge in [-0.05, 0) is 35.1 Å². The van der Waals surface area contributed by atoms with Crippen LogP contribution in [0.4, 0.5) is 0 Å². The Morgan fingerprint density at radius 2 is 2.21 bits per heavy atom.